The van der Waals surface area contributed by atoms with Crippen molar-refractivity contribution in [3.05, 3.63) is 29.3 Å². The molecule has 0 amide bonds. The van der Waals surface area contributed by atoms with Crippen LogP contribution < -0.4 is 10.6 Å². The molecule has 0 aliphatic rings. The van der Waals surface area contributed by atoms with Crippen molar-refractivity contribution >= 4 is 5.69 Å². The number of benzene rings is 1. The first-order valence-corrected chi connectivity index (χ1v) is 7.64. The summed E-state index contributed by atoms with van der Waals surface area (Å²) in [5.74, 6) is 0. The minimum absolute atomic E-state index is 0.229. The van der Waals surface area contributed by atoms with Crippen LogP contribution in [0.5, 0.6) is 0 Å². The highest BCUT2D eigenvalue weighted by Crippen LogP contribution is 2.25. The Balaban J connectivity index is 3.07. The third-order valence-electron chi connectivity index (χ3n) is 3.83. The number of methoxy groups -OCH3 is 1. The monoisotopic (exact) mass is 278 g/mol. The summed E-state index contributed by atoms with van der Waals surface area (Å²) in [5.41, 5.74) is 10.1. The Labute approximate surface area is 124 Å². The molecule has 20 heavy (non-hydrogen) atoms. The Morgan fingerprint density at radius 3 is 2.55 bits per heavy atom. The van der Waals surface area contributed by atoms with Crippen molar-refractivity contribution in [3.8, 4) is 0 Å². The van der Waals surface area contributed by atoms with Gasteiger partial charge in [0.15, 0.2) is 0 Å². The molecule has 0 heterocycles. The molecule has 0 aliphatic carbocycles. The van der Waals surface area contributed by atoms with Gasteiger partial charge < -0.3 is 15.4 Å². The molecule has 0 fully saturated rings. The van der Waals surface area contributed by atoms with Crippen LogP contribution in [0.1, 0.15) is 38.3 Å². The second kappa shape index (κ2) is 8.28. The molecule has 1 rings (SSSR count). The molecule has 1 aromatic carbocycles. The molecule has 0 radical (unpaired) electrons. The highest BCUT2D eigenvalue weighted by Gasteiger charge is 2.17. The Morgan fingerprint density at radius 1 is 1.30 bits per heavy atom. The molecule has 0 aromatic heterocycles. The second-order valence-electron chi connectivity index (χ2n) is 5.59. The van der Waals surface area contributed by atoms with Crippen molar-refractivity contribution in [2.75, 3.05) is 25.2 Å². The molecule has 0 saturated carbocycles. The van der Waals surface area contributed by atoms with E-state index in [0.29, 0.717) is 6.04 Å². The molecule has 1 aromatic rings. The van der Waals surface area contributed by atoms with E-state index >= 15 is 0 Å². The van der Waals surface area contributed by atoms with E-state index in [1.807, 2.05) is 0 Å². The number of hydrogen-bond acceptors (Lipinski definition) is 3. The lowest BCUT2D eigenvalue weighted by Crippen LogP contribution is -2.37. The maximum absolute atomic E-state index is 6.16. The fourth-order valence-corrected chi connectivity index (χ4v) is 2.64. The lowest BCUT2D eigenvalue weighted by molar-refractivity contribution is 0.182. The maximum atomic E-state index is 6.16. The van der Waals surface area contributed by atoms with Gasteiger partial charge in [0.2, 0.25) is 0 Å². The van der Waals surface area contributed by atoms with E-state index in [-0.39, 0.29) is 6.04 Å². The molecule has 2 atom stereocenters. The zero-order valence-corrected chi connectivity index (χ0v) is 13.6. The van der Waals surface area contributed by atoms with Crippen LogP contribution in [0.2, 0.25) is 0 Å². The second-order valence-corrected chi connectivity index (χ2v) is 5.59. The molecule has 0 spiro atoms. The lowest BCUT2D eigenvalue weighted by atomic mass is 9.99. The van der Waals surface area contributed by atoms with Crippen molar-refractivity contribution in [2.45, 2.75) is 52.6 Å². The van der Waals surface area contributed by atoms with E-state index in [0.717, 1.165) is 26.0 Å². The Morgan fingerprint density at radius 2 is 2.00 bits per heavy atom. The third kappa shape index (κ3) is 4.50. The number of hydrogen-bond donors (Lipinski definition) is 1. The normalized spacial score (nSPS) is 14.1. The fourth-order valence-electron chi connectivity index (χ4n) is 2.64. The molecule has 114 valence electrons. The van der Waals surface area contributed by atoms with E-state index in [1.54, 1.807) is 7.11 Å². The first-order valence-electron chi connectivity index (χ1n) is 7.64. The van der Waals surface area contributed by atoms with Crippen molar-refractivity contribution in [3.63, 3.8) is 0 Å². The highest BCUT2D eigenvalue weighted by molar-refractivity contribution is 5.56. The number of nitrogens with two attached hydrogens (primary N) is 1. The minimum Gasteiger partial charge on any atom is -0.383 e. The van der Waals surface area contributed by atoms with Gasteiger partial charge in [-0.2, -0.15) is 0 Å². The quantitative estimate of drug-likeness (QED) is 0.794. The van der Waals surface area contributed by atoms with E-state index in [1.165, 1.54) is 16.8 Å². The summed E-state index contributed by atoms with van der Waals surface area (Å²) in [5, 5.41) is 0. The summed E-state index contributed by atoms with van der Waals surface area (Å²) in [7, 11) is 1.76. The Bertz CT molecular complexity index is 406. The summed E-state index contributed by atoms with van der Waals surface area (Å²) in [6, 6.07) is 7.27. The molecule has 2 N–H and O–H groups in total. The smallest absolute Gasteiger partial charge is 0.0663 e. The van der Waals surface area contributed by atoms with Gasteiger partial charge in [0, 0.05) is 31.4 Å². The van der Waals surface area contributed by atoms with Gasteiger partial charge >= 0.3 is 0 Å². The summed E-state index contributed by atoms with van der Waals surface area (Å²) in [6.45, 7) is 10.4. The predicted octanol–water partition coefficient (Wildman–Crippen LogP) is 3.14. The molecule has 3 heteroatoms. The number of nitrogens with zero attached hydrogens (tertiary/aromatic N) is 1. The number of ether oxygens (including phenoxy) is 1. The Kier molecular flexibility index (Phi) is 7.03. The van der Waals surface area contributed by atoms with Crippen LogP contribution in [-0.4, -0.2) is 32.3 Å². The molecule has 3 nitrogen and oxygen atoms in total. The third-order valence-corrected chi connectivity index (χ3v) is 3.83. The van der Waals surface area contributed by atoms with Crippen LogP contribution >= 0.6 is 0 Å². The van der Waals surface area contributed by atoms with Gasteiger partial charge in [-0.05, 0) is 45.2 Å². The summed E-state index contributed by atoms with van der Waals surface area (Å²) < 4.78 is 5.31. The van der Waals surface area contributed by atoms with E-state index < -0.39 is 0 Å². The molecular formula is C17H30N2O. The Hall–Kier alpha value is -1.06. The molecule has 0 bridgehead atoms. The van der Waals surface area contributed by atoms with E-state index in [2.05, 4.69) is 50.8 Å². The summed E-state index contributed by atoms with van der Waals surface area (Å²) >= 11 is 0. The fraction of sp³-hybridized carbons (Fsp3) is 0.647. The number of likely N-dealkylation sites (N-methyl/N-ethyl adjacent to an activating group) is 1. The average Bonchev–Trinajstić information content (AvgIpc) is 2.42. The lowest BCUT2D eigenvalue weighted by Gasteiger charge is -2.32. The van der Waals surface area contributed by atoms with E-state index in [4.69, 9.17) is 10.5 Å². The molecular weight excluding hydrogens is 248 g/mol. The zero-order valence-electron chi connectivity index (χ0n) is 13.6. The molecule has 2 unspecified atom stereocenters. The van der Waals surface area contributed by atoms with Gasteiger partial charge in [-0.25, -0.2) is 0 Å². The van der Waals surface area contributed by atoms with Crippen LogP contribution in [-0.2, 0) is 11.2 Å². The van der Waals surface area contributed by atoms with Crippen molar-refractivity contribution in [1.29, 1.82) is 0 Å². The number of aryl methyl sites for hydroxylation is 1. The van der Waals surface area contributed by atoms with E-state index in [9.17, 15) is 0 Å². The number of rotatable bonds is 8. The van der Waals surface area contributed by atoms with Crippen molar-refractivity contribution < 1.29 is 4.74 Å². The van der Waals surface area contributed by atoms with Crippen LogP contribution in [0.25, 0.3) is 0 Å². The van der Waals surface area contributed by atoms with Crippen molar-refractivity contribution in [1.82, 2.24) is 0 Å². The average molecular weight is 278 g/mol. The van der Waals surface area contributed by atoms with Gasteiger partial charge in [-0.1, -0.05) is 24.6 Å². The standard InChI is InChI=1S/C17H30N2O/c1-6-16(18)11-15-10-13(3)8-9-17(15)19(7-2)14(4)12-20-5/h8-10,14,16H,6-7,11-12,18H2,1-5H3. The summed E-state index contributed by atoms with van der Waals surface area (Å²) in [6.07, 6.45) is 1.94. The van der Waals surface area contributed by atoms with Crippen molar-refractivity contribution in [2.24, 2.45) is 5.73 Å². The minimum atomic E-state index is 0.229. The zero-order chi connectivity index (χ0) is 15.1. The maximum Gasteiger partial charge on any atom is 0.0663 e. The first kappa shape index (κ1) is 17.0. The van der Waals surface area contributed by atoms with Gasteiger partial charge in [-0.3, -0.25) is 0 Å². The number of anilines is 1. The van der Waals surface area contributed by atoms with Crippen LogP contribution in [0.4, 0.5) is 5.69 Å². The predicted molar refractivity (Wildman–Crippen MR) is 87.5 cm³/mol. The summed E-state index contributed by atoms with van der Waals surface area (Å²) in [4.78, 5) is 2.40. The van der Waals surface area contributed by atoms with Crippen LogP contribution in [0.15, 0.2) is 18.2 Å². The highest BCUT2D eigenvalue weighted by atomic mass is 16.5. The van der Waals surface area contributed by atoms with Gasteiger partial charge in [0.05, 0.1) is 6.61 Å². The molecule has 0 saturated heterocycles. The largest absolute Gasteiger partial charge is 0.383 e. The van der Waals surface area contributed by atoms with Crippen LogP contribution in [0.3, 0.4) is 0 Å². The van der Waals surface area contributed by atoms with Gasteiger partial charge in [-0.15, -0.1) is 0 Å². The molecule has 0 aliphatic heterocycles. The van der Waals surface area contributed by atoms with Gasteiger partial charge in [0.1, 0.15) is 0 Å². The van der Waals surface area contributed by atoms with Crippen LogP contribution in [0, 0.1) is 6.92 Å². The first-order chi connectivity index (χ1) is 9.53. The topological polar surface area (TPSA) is 38.5 Å². The SMILES string of the molecule is CCC(N)Cc1cc(C)ccc1N(CC)C(C)COC. The van der Waals surface area contributed by atoms with Gasteiger partial charge in [0.25, 0.3) is 0 Å².